The summed E-state index contributed by atoms with van der Waals surface area (Å²) < 4.78 is 26.6. The van der Waals surface area contributed by atoms with Gasteiger partial charge in [0.05, 0.1) is 6.26 Å². The number of aromatic nitrogens is 1. The van der Waals surface area contributed by atoms with E-state index in [0.29, 0.717) is 19.0 Å². The third kappa shape index (κ3) is 5.03. The maximum atomic E-state index is 11.5. The minimum Gasteiger partial charge on any atom is -0.356 e. The van der Waals surface area contributed by atoms with Crippen molar-refractivity contribution in [1.29, 1.82) is 0 Å². The molecule has 1 fully saturated rings. The van der Waals surface area contributed by atoms with Crippen LogP contribution in [-0.4, -0.2) is 62.7 Å². The average Bonchev–Trinajstić information content (AvgIpc) is 3.13. The molecule has 2 rings (SSSR count). The maximum absolute atomic E-state index is 11.5. The molecule has 0 saturated carbocycles. The Labute approximate surface area is 132 Å². The highest BCUT2D eigenvalue weighted by atomic mass is 32.2. The third-order valence-electron chi connectivity index (χ3n) is 3.83. The highest BCUT2D eigenvalue weighted by Crippen LogP contribution is 2.17. The summed E-state index contributed by atoms with van der Waals surface area (Å²) in [4.78, 5) is 4.19. The van der Waals surface area contributed by atoms with Crippen LogP contribution in [0.15, 0.2) is 29.5 Å². The van der Waals surface area contributed by atoms with Crippen LogP contribution in [0.25, 0.3) is 0 Å². The minimum atomic E-state index is -3.06. The van der Waals surface area contributed by atoms with Crippen LogP contribution in [0.4, 0.5) is 0 Å². The fourth-order valence-corrected chi connectivity index (χ4v) is 3.47. The van der Waals surface area contributed by atoms with Gasteiger partial charge >= 0.3 is 0 Å². The molecule has 0 amide bonds. The normalized spacial score (nSPS) is 20.3. The van der Waals surface area contributed by atoms with Crippen molar-refractivity contribution in [2.75, 3.05) is 39.5 Å². The summed E-state index contributed by atoms with van der Waals surface area (Å²) in [6.07, 6.45) is 6.21. The second-order valence-electron chi connectivity index (χ2n) is 5.58. The van der Waals surface area contributed by atoms with Crippen LogP contribution < -0.4 is 10.6 Å². The van der Waals surface area contributed by atoms with Crippen LogP contribution in [-0.2, 0) is 16.6 Å². The smallest absolute Gasteiger partial charge is 0.211 e. The molecule has 0 aromatic carbocycles. The standard InChI is InChI=1S/C14H25N5O2S/c1-15-14(16-6-10-18-7-3-4-8-18)17-11-13-5-9-19(12-13)22(2,20)21/h3-4,7-8,13H,5-6,9-12H2,1-2H3,(H2,15,16,17). The zero-order valence-corrected chi connectivity index (χ0v) is 14.0. The van der Waals surface area contributed by atoms with E-state index in [2.05, 4.69) is 20.2 Å². The monoisotopic (exact) mass is 327 g/mol. The molecule has 22 heavy (non-hydrogen) atoms. The molecule has 0 radical (unpaired) electrons. The van der Waals surface area contributed by atoms with Crippen LogP contribution in [0, 0.1) is 5.92 Å². The third-order valence-corrected chi connectivity index (χ3v) is 5.10. The molecule has 1 aromatic rings. The van der Waals surface area contributed by atoms with E-state index in [1.54, 1.807) is 11.4 Å². The minimum absolute atomic E-state index is 0.331. The SMILES string of the molecule is CN=C(NCCn1cccc1)NCC1CCN(S(C)(=O)=O)C1. The summed E-state index contributed by atoms with van der Waals surface area (Å²) in [5.41, 5.74) is 0. The van der Waals surface area contributed by atoms with Crippen molar-refractivity contribution in [3.05, 3.63) is 24.5 Å². The number of hydrogen-bond donors (Lipinski definition) is 2. The quantitative estimate of drug-likeness (QED) is 0.566. The van der Waals surface area contributed by atoms with Gasteiger partial charge in [0.15, 0.2) is 5.96 Å². The van der Waals surface area contributed by atoms with Gasteiger partial charge in [-0.1, -0.05) is 0 Å². The van der Waals surface area contributed by atoms with E-state index >= 15 is 0 Å². The van der Waals surface area contributed by atoms with Crippen molar-refractivity contribution in [3.63, 3.8) is 0 Å². The highest BCUT2D eigenvalue weighted by Gasteiger charge is 2.28. The first-order valence-electron chi connectivity index (χ1n) is 7.49. The molecule has 1 aromatic heterocycles. The summed E-state index contributed by atoms with van der Waals surface area (Å²) in [7, 11) is -1.32. The van der Waals surface area contributed by atoms with E-state index in [9.17, 15) is 8.42 Å². The fraction of sp³-hybridized carbons (Fsp3) is 0.643. The Balaban J connectivity index is 1.68. The average molecular weight is 327 g/mol. The van der Waals surface area contributed by atoms with Gasteiger partial charge in [0.1, 0.15) is 0 Å². The molecule has 2 heterocycles. The van der Waals surface area contributed by atoms with Crippen LogP contribution in [0.1, 0.15) is 6.42 Å². The molecule has 0 spiro atoms. The summed E-state index contributed by atoms with van der Waals surface area (Å²) in [6, 6.07) is 4.00. The van der Waals surface area contributed by atoms with Crippen molar-refractivity contribution < 1.29 is 8.42 Å². The topological polar surface area (TPSA) is 78.7 Å². The summed E-state index contributed by atoms with van der Waals surface area (Å²) in [6.45, 7) is 3.60. The van der Waals surface area contributed by atoms with Gasteiger partial charge in [0.25, 0.3) is 0 Å². The molecular weight excluding hydrogens is 302 g/mol. The van der Waals surface area contributed by atoms with E-state index < -0.39 is 10.0 Å². The van der Waals surface area contributed by atoms with Crippen molar-refractivity contribution in [2.24, 2.45) is 10.9 Å². The second-order valence-corrected chi connectivity index (χ2v) is 7.56. The fourth-order valence-electron chi connectivity index (χ4n) is 2.55. The summed E-state index contributed by atoms with van der Waals surface area (Å²) >= 11 is 0. The lowest BCUT2D eigenvalue weighted by Gasteiger charge is -2.16. The number of guanidine groups is 1. The number of aliphatic imine (C=N–C) groups is 1. The molecule has 7 nitrogen and oxygen atoms in total. The summed E-state index contributed by atoms with van der Waals surface area (Å²) in [5.74, 6) is 1.09. The van der Waals surface area contributed by atoms with Crippen LogP contribution >= 0.6 is 0 Å². The molecule has 1 aliphatic rings. The van der Waals surface area contributed by atoms with Gasteiger partial charge in [0, 0.05) is 52.2 Å². The summed E-state index contributed by atoms with van der Waals surface area (Å²) in [5, 5.41) is 6.53. The zero-order chi connectivity index (χ0) is 16.0. The lowest BCUT2D eigenvalue weighted by atomic mass is 10.1. The Morgan fingerprint density at radius 1 is 1.32 bits per heavy atom. The number of rotatable bonds is 6. The van der Waals surface area contributed by atoms with Gasteiger partial charge in [-0.25, -0.2) is 12.7 Å². The van der Waals surface area contributed by atoms with Gasteiger partial charge < -0.3 is 15.2 Å². The molecular formula is C14H25N5O2S. The van der Waals surface area contributed by atoms with Gasteiger partial charge in [-0.15, -0.1) is 0 Å². The van der Waals surface area contributed by atoms with Crippen molar-refractivity contribution in [2.45, 2.75) is 13.0 Å². The number of sulfonamides is 1. The molecule has 124 valence electrons. The number of nitrogens with one attached hydrogen (secondary N) is 2. The van der Waals surface area contributed by atoms with Crippen molar-refractivity contribution in [3.8, 4) is 0 Å². The zero-order valence-electron chi connectivity index (χ0n) is 13.2. The predicted molar refractivity (Wildman–Crippen MR) is 88.3 cm³/mol. The van der Waals surface area contributed by atoms with Crippen LogP contribution in [0.3, 0.4) is 0 Å². The van der Waals surface area contributed by atoms with Gasteiger partial charge in [0.2, 0.25) is 10.0 Å². The predicted octanol–water partition coefficient (Wildman–Crippen LogP) is -0.0654. The van der Waals surface area contributed by atoms with Crippen LogP contribution in [0.5, 0.6) is 0 Å². The first kappa shape index (κ1) is 16.8. The molecule has 1 saturated heterocycles. The molecule has 8 heteroatoms. The Morgan fingerprint density at radius 2 is 2.05 bits per heavy atom. The van der Waals surface area contributed by atoms with Gasteiger partial charge in [-0.3, -0.25) is 4.99 Å². The highest BCUT2D eigenvalue weighted by molar-refractivity contribution is 7.88. The lowest BCUT2D eigenvalue weighted by molar-refractivity contribution is 0.458. The maximum Gasteiger partial charge on any atom is 0.211 e. The second kappa shape index (κ2) is 7.64. The van der Waals surface area contributed by atoms with Crippen LogP contribution in [0.2, 0.25) is 0 Å². The lowest BCUT2D eigenvalue weighted by Crippen LogP contribution is -2.41. The van der Waals surface area contributed by atoms with E-state index in [1.807, 2.05) is 24.5 Å². The van der Waals surface area contributed by atoms with E-state index in [1.165, 1.54) is 6.26 Å². The van der Waals surface area contributed by atoms with E-state index in [0.717, 1.165) is 32.0 Å². The molecule has 2 N–H and O–H groups in total. The van der Waals surface area contributed by atoms with Gasteiger partial charge in [-0.2, -0.15) is 0 Å². The first-order valence-corrected chi connectivity index (χ1v) is 9.34. The van der Waals surface area contributed by atoms with E-state index in [-0.39, 0.29) is 0 Å². The van der Waals surface area contributed by atoms with E-state index in [4.69, 9.17) is 0 Å². The Bertz CT molecular complexity index is 582. The number of hydrogen-bond acceptors (Lipinski definition) is 3. The largest absolute Gasteiger partial charge is 0.356 e. The Hall–Kier alpha value is -1.54. The number of nitrogens with zero attached hydrogens (tertiary/aromatic N) is 3. The van der Waals surface area contributed by atoms with Crippen molar-refractivity contribution >= 4 is 16.0 Å². The Morgan fingerprint density at radius 3 is 2.64 bits per heavy atom. The molecule has 1 unspecified atom stereocenters. The van der Waals surface area contributed by atoms with Crippen molar-refractivity contribution in [1.82, 2.24) is 19.5 Å². The Kier molecular flexibility index (Phi) is 5.84. The van der Waals surface area contributed by atoms with Gasteiger partial charge in [-0.05, 0) is 24.5 Å². The molecule has 1 aliphatic heterocycles. The molecule has 1 atom stereocenters. The first-order chi connectivity index (χ1) is 10.5. The molecule has 0 bridgehead atoms. The molecule has 0 aliphatic carbocycles.